The minimum Gasteiger partial charge on any atom is -0.496 e. The van der Waals surface area contributed by atoms with E-state index in [4.69, 9.17) is 14.2 Å². The summed E-state index contributed by atoms with van der Waals surface area (Å²) < 4.78 is 43.8. The van der Waals surface area contributed by atoms with Gasteiger partial charge in [-0.05, 0) is 42.8 Å². The molecule has 0 unspecified atom stereocenters. The van der Waals surface area contributed by atoms with Gasteiger partial charge in [0.15, 0.2) is 0 Å². The average molecular weight is 448 g/mol. The molecule has 1 amide bonds. The lowest BCUT2D eigenvalue weighted by Crippen LogP contribution is -2.40. The van der Waals surface area contributed by atoms with E-state index in [1.165, 1.54) is 38.5 Å². The first-order chi connectivity index (χ1) is 14.8. The van der Waals surface area contributed by atoms with Crippen molar-refractivity contribution >= 4 is 27.6 Å². The number of morpholine rings is 1. The smallest absolute Gasteiger partial charge is 0.337 e. The summed E-state index contributed by atoms with van der Waals surface area (Å²) in [5.74, 6) is -0.635. The van der Waals surface area contributed by atoms with Gasteiger partial charge in [-0.3, -0.25) is 9.52 Å². The van der Waals surface area contributed by atoms with Gasteiger partial charge in [0.05, 0.1) is 49.1 Å². The molecule has 1 N–H and O–H groups in total. The van der Waals surface area contributed by atoms with Crippen LogP contribution in [0, 0.1) is 6.92 Å². The third-order valence-corrected chi connectivity index (χ3v) is 6.28. The molecule has 0 aliphatic carbocycles. The van der Waals surface area contributed by atoms with Crippen LogP contribution in [0.2, 0.25) is 0 Å². The number of hydrogen-bond acceptors (Lipinski definition) is 7. The number of rotatable bonds is 6. The number of benzene rings is 2. The van der Waals surface area contributed by atoms with Crippen LogP contribution in [0.15, 0.2) is 41.3 Å². The lowest BCUT2D eigenvalue weighted by Gasteiger charge is -2.27. The number of ether oxygens (including phenoxy) is 3. The van der Waals surface area contributed by atoms with E-state index in [1.54, 1.807) is 24.0 Å². The van der Waals surface area contributed by atoms with Crippen molar-refractivity contribution in [3.63, 3.8) is 0 Å². The average Bonchev–Trinajstić information content (AvgIpc) is 2.79. The molecule has 166 valence electrons. The lowest BCUT2D eigenvalue weighted by molar-refractivity contribution is 0.0300. The summed E-state index contributed by atoms with van der Waals surface area (Å²) in [6, 6.07) is 8.66. The van der Waals surface area contributed by atoms with Crippen LogP contribution >= 0.6 is 0 Å². The zero-order valence-corrected chi connectivity index (χ0v) is 18.3. The Morgan fingerprint density at radius 1 is 1.06 bits per heavy atom. The Balaban J connectivity index is 1.94. The fraction of sp³-hybridized carbons (Fsp3) is 0.333. The van der Waals surface area contributed by atoms with Crippen molar-refractivity contribution in [1.82, 2.24) is 4.90 Å². The van der Waals surface area contributed by atoms with Crippen molar-refractivity contribution in [3.8, 4) is 5.75 Å². The van der Waals surface area contributed by atoms with Gasteiger partial charge in [0.25, 0.3) is 15.9 Å². The second-order valence-electron chi connectivity index (χ2n) is 6.89. The first-order valence-electron chi connectivity index (χ1n) is 9.53. The Morgan fingerprint density at radius 3 is 2.42 bits per heavy atom. The summed E-state index contributed by atoms with van der Waals surface area (Å²) in [6.45, 7) is 3.38. The SMILES string of the molecule is COC(=O)c1ccc(C)c(NS(=O)(=O)c2ccc(OC)c(C(=O)N3CCOCC3)c2)c1. The minimum absolute atomic E-state index is 0.104. The molecule has 31 heavy (non-hydrogen) atoms. The highest BCUT2D eigenvalue weighted by molar-refractivity contribution is 7.92. The fourth-order valence-corrected chi connectivity index (χ4v) is 4.29. The second kappa shape index (κ2) is 9.36. The van der Waals surface area contributed by atoms with Gasteiger partial charge in [-0.15, -0.1) is 0 Å². The standard InChI is InChI=1S/C21H24N2O7S/c1-14-4-5-15(21(25)29-3)12-18(14)22-31(26,27)16-6-7-19(28-2)17(13-16)20(24)23-8-10-30-11-9-23/h4-7,12-13,22H,8-11H2,1-3H3. The predicted molar refractivity (Wildman–Crippen MR) is 113 cm³/mol. The van der Waals surface area contributed by atoms with Crippen molar-refractivity contribution in [2.24, 2.45) is 0 Å². The molecule has 0 spiro atoms. The molecule has 1 heterocycles. The van der Waals surface area contributed by atoms with E-state index in [9.17, 15) is 18.0 Å². The molecule has 10 heteroatoms. The van der Waals surface area contributed by atoms with E-state index in [2.05, 4.69) is 4.72 Å². The molecule has 1 aliphatic heterocycles. The lowest BCUT2D eigenvalue weighted by atomic mass is 10.1. The Labute approximate surface area is 181 Å². The molecule has 3 rings (SSSR count). The highest BCUT2D eigenvalue weighted by Gasteiger charge is 2.25. The highest BCUT2D eigenvalue weighted by Crippen LogP contribution is 2.27. The number of nitrogens with zero attached hydrogens (tertiary/aromatic N) is 1. The van der Waals surface area contributed by atoms with Crippen molar-refractivity contribution in [3.05, 3.63) is 53.1 Å². The number of anilines is 1. The number of aryl methyl sites for hydroxylation is 1. The number of carbonyl (C=O) groups excluding carboxylic acids is 2. The Hall–Kier alpha value is -3.11. The topological polar surface area (TPSA) is 111 Å². The number of carbonyl (C=O) groups is 2. The number of hydrogen-bond donors (Lipinski definition) is 1. The van der Waals surface area contributed by atoms with Crippen molar-refractivity contribution in [1.29, 1.82) is 0 Å². The van der Waals surface area contributed by atoms with E-state index >= 15 is 0 Å². The normalized spacial score (nSPS) is 14.1. The maximum atomic E-state index is 13.0. The zero-order chi connectivity index (χ0) is 22.6. The quantitative estimate of drug-likeness (QED) is 0.674. The molecule has 1 fully saturated rings. The summed E-state index contributed by atoms with van der Waals surface area (Å²) in [4.78, 5) is 26.2. The van der Waals surface area contributed by atoms with Crippen molar-refractivity contribution < 1.29 is 32.2 Å². The molecule has 0 atom stereocenters. The van der Waals surface area contributed by atoms with E-state index in [0.717, 1.165) is 0 Å². The number of esters is 1. The van der Waals surface area contributed by atoms with E-state index < -0.39 is 16.0 Å². The third-order valence-electron chi connectivity index (χ3n) is 4.91. The minimum atomic E-state index is -4.05. The van der Waals surface area contributed by atoms with Crippen LogP contribution in [0.5, 0.6) is 5.75 Å². The first-order valence-corrected chi connectivity index (χ1v) is 11.0. The number of nitrogens with one attached hydrogen (secondary N) is 1. The first kappa shape index (κ1) is 22.6. The summed E-state index contributed by atoms with van der Waals surface area (Å²) in [5, 5.41) is 0. The van der Waals surface area contributed by atoms with Crippen LogP contribution in [0.4, 0.5) is 5.69 Å². The molecule has 1 aliphatic rings. The van der Waals surface area contributed by atoms with Gasteiger partial charge >= 0.3 is 5.97 Å². The summed E-state index contributed by atoms with van der Waals surface area (Å²) in [6.07, 6.45) is 0. The molecular weight excluding hydrogens is 424 g/mol. The van der Waals surface area contributed by atoms with Gasteiger partial charge < -0.3 is 19.1 Å². The van der Waals surface area contributed by atoms with Crippen LogP contribution in [0.3, 0.4) is 0 Å². The Morgan fingerprint density at radius 2 is 1.77 bits per heavy atom. The summed E-state index contributed by atoms with van der Waals surface area (Å²) in [7, 11) is -1.39. The van der Waals surface area contributed by atoms with Gasteiger partial charge in [-0.25, -0.2) is 13.2 Å². The van der Waals surface area contributed by atoms with Crippen LogP contribution in [0.25, 0.3) is 0 Å². The monoisotopic (exact) mass is 448 g/mol. The number of sulfonamides is 1. The van der Waals surface area contributed by atoms with Crippen molar-refractivity contribution in [2.75, 3.05) is 45.2 Å². The van der Waals surface area contributed by atoms with E-state index in [1.807, 2.05) is 0 Å². The van der Waals surface area contributed by atoms with Gasteiger partial charge in [0.2, 0.25) is 0 Å². The van der Waals surface area contributed by atoms with Gasteiger partial charge in [0.1, 0.15) is 5.75 Å². The molecule has 2 aromatic rings. The molecule has 0 aromatic heterocycles. The maximum Gasteiger partial charge on any atom is 0.337 e. The van der Waals surface area contributed by atoms with Crippen molar-refractivity contribution in [2.45, 2.75) is 11.8 Å². The maximum absolute atomic E-state index is 13.0. The summed E-state index contributed by atoms with van der Waals surface area (Å²) in [5.41, 5.74) is 1.21. The van der Waals surface area contributed by atoms with E-state index in [-0.39, 0.29) is 33.4 Å². The highest BCUT2D eigenvalue weighted by atomic mass is 32.2. The van der Waals surface area contributed by atoms with E-state index in [0.29, 0.717) is 31.9 Å². The molecule has 9 nitrogen and oxygen atoms in total. The molecule has 0 saturated carbocycles. The van der Waals surface area contributed by atoms with Crippen LogP contribution < -0.4 is 9.46 Å². The molecule has 0 bridgehead atoms. The number of methoxy groups -OCH3 is 2. The Kier molecular flexibility index (Phi) is 6.81. The van der Waals surface area contributed by atoms with Crippen LogP contribution in [0.1, 0.15) is 26.3 Å². The molecule has 2 aromatic carbocycles. The van der Waals surface area contributed by atoms with Gasteiger partial charge in [0, 0.05) is 13.1 Å². The predicted octanol–water partition coefficient (Wildman–Crippen LogP) is 2.06. The Bertz CT molecular complexity index is 1090. The van der Waals surface area contributed by atoms with Gasteiger partial charge in [-0.2, -0.15) is 0 Å². The van der Waals surface area contributed by atoms with Gasteiger partial charge in [-0.1, -0.05) is 6.07 Å². The third kappa shape index (κ3) is 4.97. The molecular formula is C21H24N2O7S. The molecule has 0 radical (unpaired) electrons. The molecule has 1 saturated heterocycles. The van der Waals surface area contributed by atoms with Crippen LogP contribution in [-0.4, -0.2) is 65.7 Å². The fourth-order valence-electron chi connectivity index (χ4n) is 3.14. The largest absolute Gasteiger partial charge is 0.496 e. The second-order valence-corrected chi connectivity index (χ2v) is 8.58. The summed E-state index contributed by atoms with van der Waals surface area (Å²) >= 11 is 0. The van der Waals surface area contributed by atoms with Crippen LogP contribution in [-0.2, 0) is 19.5 Å². The number of amides is 1. The zero-order valence-electron chi connectivity index (χ0n) is 17.5.